The summed E-state index contributed by atoms with van der Waals surface area (Å²) in [5.41, 5.74) is 2.42. The highest BCUT2D eigenvalue weighted by Gasteiger charge is 2.28. The maximum Gasteiger partial charge on any atom is 0.253 e. The van der Waals surface area contributed by atoms with Crippen molar-refractivity contribution in [3.63, 3.8) is 0 Å². The monoisotopic (exact) mass is 461 g/mol. The van der Waals surface area contributed by atoms with Gasteiger partial charge in [-0.05, 0) is 68.1 Å². The number of sulfonamides is 1. The molecule has 0 radical (unpaired) electrons. The van der Waals surface area contributed by atoms with Crippen LogP contribution in [0.1, 0.15) is 47.2 Å². The van der Waals surface area contributed by atoms with Crippen LogP contribution in [0.3, 0.4) is 0 Å². The van der Waals surface area contributed by atoms with Gasteiger partial charge in [0.15, 0.2) is 0 Å². The minimum absolute atomic E-state index is 0.107. The molecule has 2 aromatic rings. The van der Waals surface area contributed by atoms with Crippen LogP contribution in [0.4, 0.5) is 0 Å². The molecule has 2 aromatic carbocycles. The fourth-order valence-electron chi connectivity index (χ4n) is 4.16. The summed E-state index contributed by atoms with van der Waals surface area (Å²) in [6, 6.07) is 12.5. The third kappa shape index (κ3) is 5.29. The Hall–Kier alpha value is -1.93. The molecule has 2 aliphatic rings. The number of halogens is 1. The Morgan fingerprint density at radius 1 is 0.903 bits per heavy atom. The molecule has 31 heavy (non-hydrogen) atoms. The molecule has 0 atom stereocenters. The maximum absolute atomic E-state index is 12.8. The summed E-state index contributed by atoms with van der Waals surface area (Å²) in [4.78, 5) is 15.3. The second-order valence-corrected chi connectivity index (χ2v) is 10.6. The Kier molecular flexibility index (Phi) is 6.96. The quantitative estimate of drug-likeness (QED) is 0.683. The minimum Gasteiger partial charge on any atom is -0.348 e. The first-order valence-corrected chi connectivity index (χ1v) is 12.6. The van der Waals surface area contributed by atoms with Gasteiger partial charge in [-0.1, -0.05) is 35.9 Å². The summed E-state index contributed by atoms with van der Waals surface area (Å²) in [5, 5.41) is 3.09. The first-order valence-electron chi connectivity index (χ1n) is 10.8. The largest absolute Gasteiger partial charge is 0.348 e. The minimum atomic E-state index is -3.60. The smallest absolute Gasteiger partial charge is 0.253 e. The van der Waals surface area contributed by atoms with Crippen molar-refractivity contribution in [3.05, 3.63) is 64.2 Å². The van der Waals surface area contributed by atoms with Crippen LogP contribution >= 0.6 is 11.6 Å². The van der Waals surface area contributed by atoms with Gasteiger partial charge in [0, 0.05) is 26.2 Å². The second-order valence-electron chi connectivity index (χ2n) is 8.24. The zero-order valence-electron chi connectivity index (χ0n) is 17.5. The van der Waals surface area contributed by atoms with Gasteiger partial charge in [0.05, 0.1) is 15.5 Å². The average molecular weight is 462 g/mol. The van der Waals surface area contributed by atoms with Gasteiger partial charge in [-0.25, -0.2) is 8.42 Å². The topological polar surface area (TPSA) is 69.7 Å². The number of carbonyl (C=O) groups excluding carboxylic acids is 1. The molecule has 0 aliphatic carbocycles. The SMILES string of the molecule is O=C(NCc1ccc(CN2CCCC2)cc1)c1cc(S(=O)(=O)N2CCCC2)ccc1Cl. The summed E-state index contributed by atoms with van der Waals surface area (Å²) in [5.74, 6) is -0.385. The first-order chi connectivity index (χ1) is 14.9. The van der Waals surface area contributed by atoms with E-state index < -0.39 is 10.0 Å². The number of nitrogens with zero attached hydrogens (tertiary/aromatic N) is 2. The molecule has 2 saturated heterocycles. The van der Waals surface area contributed by atoms with Gasteiger partial charge in [0.1, 0.15) is 0 Å². The van der Waals surface area contributed by atoms with Crippen molar-refractivity contribution >= 4 is 27.5 Å². The normalized spacial score (nSPS) is 17.8. The predicted octanol–water partition coefficient (Wildman–Crippen LogP) is 3.65. The molecule has 1 N–H and O–H groups in total. The third-order valence-corrected chi connectivity index (χ3v) is 8.19. The molecule has 8 heteroatoms. The summed E-state index contributed by atoms with van der Waals surface area (Å²) < 4.78 is 27.1. The van der Waals surface area contributed by atoms with E-state index in [4.69, 9.17) is 11.6 Å². The number of hydrogen-bond acceptors (Lipinski definition) is 4. The van der Waals surface area contributed by atoms with E-state index in [1.807, 2.05) is 12.1 Å². The van der Waals surface area contributed by atoms with Crippen molar-refractivity contribution in [2.75, 3.05) is 26.2 Å². The van der Waals surface area contributed by atoms with Crippen LogP contribution in [0.5, 0.6) is 0 Å². The average Bonchev–Trinajstić information content (AvgIpc) is 3.48. The Balaban J connectivity index is 1.40. The summed E-state index contributed by atoms with van der Waals surface area (Å²) in [6.45, 7) is 4.65. The van der Waals surface area contributed by atoms with Gasteiger partial charge in [-0.3, -0.25) is 9.69 Å². The molecule has 166 valence electrons. The lowest BCUT2D eigenvalue weighted by Crippen LogP contribution is -2.28. The number of nitrogens with one attached hydrogen (secondary N) is 1. The number of rotatable bonds is 7. The first kappa shape index (κ1) is 22.3. The predicted molar refractivity (Wildman–Crippen MR) is 122 cm³/mol. The van der Waals surface area contributed by atoms with Gasteiger partial charge in [0.25, 0.3) is 5.91 Å². The van der Waals surface area contributed by atoms with E-state index >= 15 is 0 Å². The number of hydrogen-bond donors (Lipinski definition) is 1. The highest BCUT2D eigenvalue weighted by atomic mass is 35.5. The van der Waals surface area contributed by atoms with Crippen LogP contribution in [0.25, 0.3) is 0 Å². The molecule has 0 spiro atoms. The molecule has 2 fully saturated rings. The van der Waals surface area contributed by atoms with Gasteiger partial charge in [0.2, 0.25) is 10.0 Å². The van der Waals surface area contributed by atoms with Crippen LogP contribution in [0.2, 0.25) is 5.02 Å². The Morgan fingerprint density at radius 2 is 1.52 bits per heavy atom. The van der Waals surface area contributed by atoms with Crippen molar-refractivity contribution in [3.8, 4) is 0 Å². The van der Waals surface area contributed by atoms with Crippen molar-refractivity contribution in [2.24, 2.45) is 0 Å². The van der Waals surface area contributed by atoms with Gasteiger partial charge in [-0.15, -0.1) is 0 Å². The van der Waals surface area contributed by atoms with E-state index in [0.717, 1.165) is 38.0 Å². The lowest BCUT2D eigenvalue weighted by atomic mass is 10.1. The summed E-state index contributed by atoms with van der Waals surface area (Å²) in [6.07, 6.45) is 4.26. The van der Waals surface area contributed by atoms with E-state index in [9.17, 15) is 13.2 Å². The molecule has 0 bridgehead atoms. The molecule has 4 rings (SSSR count). The Labute approximate surface area is 189 Å². The Bertz CT molecular complexity index is 1030. The fourth-order valence-corrected chi connectivity index (χ4v) is 5.90. The molecule has 0 unspecified atom stereocenters. The van der Waals surface area contributed by atoms with Crippen LogP contribution in [0.15, 0.2) is 47.4 Å². The number of carbonyl (C=O) groups is 1. The molecule has 0 saturated carbocycles. The summed E-state index contributed by atoms with van der Waals surface area (Å²) >= 11 is 6.21. The van der Waals surface area contributed by atoms with Crippen molar-refractivity contribution < 1.29 is 13.2 Å². The molecule has 6 nitrogen and oxygen atoms in total. The molecule has 2 aliphatic heterocycles. The lowest BCUT2D eigenvalue weighted by molar-refractivity contribution is 0.0951. The van der Waals surface area contributed by atoms with Crippen LogP contribution in [0, 0.1) is 0 Å². The van der Waals surface area contributed by atoms with Gasteiger partial charge < -0.3 is 5.32 Å². The standard InChI is InChI=1S/C23H28ClN3O3S/c24-22-10-9-20(31(29,30)27-13-3-4-14-27)15-21(22)23(28)25-16-18-5-7-19(8-6-18)17-26-11-1-2-12-26/h5-10,15H,1-4,11-14,16-17H2,(H,25,28). The van der Waals surface area contributed by atoms with E-state index in [2.05, 4.69) is 22.3 Å². The van der Waals surface area contributed by atoms with E-state index in [1.165, 1.54) is 40.9 Å². The van der Waals surface area contributed by atoms with E-state index in [1.54, 1.807) is 0 Å². The van der Waals surface area contributed by atoms with E-state index in [0.29, 0.717) is 19.6 Å². The molecule has 0 aromatic heterocycles. The molecular formula is C23H28ClN3O3S. The molecular weight excluding hydrogens is 434 g/mol. The third-order valence-electron chi connectivity index (χ3n) is 5.97. The maximum atomic E-state index is 12.8. The number of likely N-dealkylation sites (tertiary alicyclic amines) is 1. The number of benzene rings is 2. The number of amides is 1. The van der Waals surface area contributed by atoms with Gasteiger partial charge >= 0.3 is 0 Å². The van der Waals surface area contributed by atoms with Gasteiger partial charge in [-0.2, -0.15) is 4.31 Å². The molecule has 2 heterocycles. The lowest BCUT2D eigenvalue weighted by Gasteiger charge is -2.16. The zero-order chi connectivity index (χ0) is 21.8. The van der Waals surface area contributed by atoms with Crippen LogP contribution in [-0.4, -0.2) is 49.7 Å². The Morgan fingerprint density at radius 3 is 2.19 bits per heavy atom. The molecule has 1 amide bonds. The summed E-state index contributed by atoms with van der Waals surface area (Å²) in [7, 11) is -3.60. The van der Waals surface area contributed by atoms with Crippen molar-refractivity contribution in [1.29, 1.82) is 0 Å². The second kappa shape index (κ2) is 9.69. The van der Waals surface area contributed by atoms with Crippen molar-refractivity contribution in [2.45, 2.75) is 43.7 Å². The van der Waals surface area contributed by atoms with Crippen molar-refractivity contribution in [1.82, 2.24) is 14.5 Å². The van der Waals surface area contributed by atoms with E-state index in [-0.39, 0.29) is 21.4 Å². The highest BCUT2D eigenvalue weighted by Crippen LogP contribution is 2.25. The highest BCUT2D eigenvalue weighted by molar-refractivity contribution is 7.89. The van der Waals surface area contributed by atoms with Crippen LogP contribution < -0.4 is 5.32 Å². The van der Waals surface area contributed by atoms with Crippen LogP contribution in [-0.2, 0) is 23.1 Å². The fraction of sp³-hybridized carbons (Fsp3) is 0.435. The zero-order valence-corrected chi connectivity index (χ0v) is 19.1.